The predicted molar refractivity (Wildman–Crippen MR) is 125 cm³/mol. The molecule has 204 valence electrons. The molecule has 2 rings (SSSR count). The van der Waals surface area contributed by atoms with Crippen LogP contribution in [-0.4, -0.2) is 50.5 Å². The molecule has 0 aliphatic heterocycles. The van der Waals surface area contributed by atoms with Gasteiger partial charge < -0.3 is 26.2 Å². The van der Waals surface area contributed by atoms with Crippen molar-refractivity contribution in [2.45, 2.75) is 24.5 Å². The zero-order chi connectivity index (χ0) is 28.4. The molecular weight excluding hydrogens is 552 g/mol. The fourth-order valence-corrected chi connectivity index (χ4v) is 3.98. The van der Waals surface area contributed by atoms with Crippen LogP contribution in [0.15, 0.2) is 45.2 Å². The van der Waals surface area contributed by atoms with E-state index in [-0.39, 0.29) is 36.4 Å². The molecule has 0 atom stereocenters. The number of oxime groups is 1. The summed E-state index contributed by atoms with van der Waals surface area (Å²) >= 11 is 5.81. The molecule has 1 aromatic carbocycles. The van der Waals surface area contributed by atoms with E-state index in [2.05, 4.69) is 15.2 Å². The molecular formula is C19H21ClF4N6O6S. The number of alkyl halides is 3. The Labute approximate surface area is 212 Å². The van der Waals surface area contributed by atoms with Gasteiger partial charge in [0, 0.05) is 5.69 Å². The number of rotatable bonds is 9. The van der Waals surface area contributed by atoms with Crippen LogP contribution < -0.4 is 27.1 Å². The van der Waals surface area contributed by atoms with Gasteiger partial charge in [0.25, 0.3) is 15.6 Å². The lowest BCUT2D eigenvalue weighted by Crippen LogP contribution is -2.36. The molecule has 0 radical (unpaired) electrons. The van der Waals surface area contributed by atoms with Gasteiger partial charge >= 0.3 is 6.18 Å². The number of aromatic nitrogens is 1. The number of nitrogens with two attached hydrogens (primary N) is 2. The van der Waals surface area contributed by atoms with Crippen LogP contribution in [0.2, 0.25) is 5.02 Å². The Morgan fingerprint density at radius 2 is 1.86 bits per heavy atom. The number of aldehydes is 1. The van der Waals surface area contributed by atoms with E-state index >= 15 is 0 Å². The second kappa shape index (κ2) is 13.4. The van der Waals surface area contributed by atoms with Gasteiger partial charge in [-0.2, -0.15) is 13.2 Å². The summed E-state index contributed by atoms with van der Waals surface area (Å²) in [5, 5.41) is 5.44. The highest BCUT2D eigenvalue weighted by atomic mass is 35.5. The van der Waals surface area contributed by atoms with Gasteiger partial charge in [-0.3, -0.25) is 19.1 Å². The summed E-state index contributed by atoms with van der Waals surface area (Å²) in [6.07, 6.45) is -5.70. The molecule has 18 heteroatoms. The smallest absolute Gasteiger partial charge is 0.391 e. The van der Waals surface area contributed by atoms with Crippen molar-refractivity contribution in [3.63, 3.8) is 0 Å². The molecule has 37 heavy (non-hydrogen) atoms. The van der Waals surface area contributed by atoms with Crippen LogP contribution in [0.25, 0.3) is 0 Å². The van der Waals surface area contributed by atoms with E-state index in [1.165, 1.54) is 12.1 Å². The number of halogens is 5. The van der Waals surface area contributed by atoms with Crippen LogP contribution in [0.1, 0.15) is 5.69 Å². The first kappa shape index (κ1) is 31.2. The molecule has 6 N–H and O–H groups in total. The SMILES string of the molecule is Cc1ccc(NS(=O)(=O)c2ccc(F)cc2Cl)c(=O)n1CC(=O)NCCON=C(N)N.O=CC(F)(F)F. The molecule has 1 amide bonds. The van der Waals surface area contributed by atoms with E-state index in [4.69, 9.17) is 32.7 Å². The first-order chi connectivity index (χ1) is 17.1. The van der Waals surface area contributed by atoms with E-state index in [1.807, 2.05) is 0 Å². The molecule has 1 aromatic heterocycles. The lowest BCUT2D eigenvalue weighted by Gasteiger charge is -2.14. The zero-order valence-corrected chi connectivity index (χ0v) is 20.5. The molecule has 1 heterocycles. The maximum absolute atomic E-state index is 13.2. The van der Waals surface area contributed by atoms with Crippen LogP contribution >= 0.6 is 11.6 Å². The first-order valence-electron chi connectivity index (χ1n) is 9.76. The van der Waals surface area contributed by atoms with Crippen molar-refractivity contribution < 1.29 is 40.4 Å². The van der Waals surface area contributed by atoms with Crippen LogP contribution in [0, 0.1) is 12.7 Å². The number of aryl methyl sites for hydroxylation is 1. The van der Waals surface area contributed by atoms with Gasteiger partial charge in [0.05, 0.1) is 11.6 Å². The highest BCUT2D eigenvalue weighted by Gasteiger charge is 2.25. The second-order valence-electron chi connectivity index (χ2n) is 6.82. The molecule has 0 saturated carbocycles. The minimum Gasteiger partial charge on any atom is -0.391 e. The van der Waals surface area contributed by atoms with Gasteiger partial charge in [-0.05, 0) is 42.4 Å². The van der Waals surface area contributed by atoms with Gasteiger partial charge in [0.1, 0.15) is 29.6 Å². The standard InChI is InChI=1S/C17H20ClFN6O5S.C2HF3O/c1-10-2-4-13(24-31(28,29)14-5-3-11(19)8-12(14)18)16(27)25(10)9-15(26)22-6-7-30-23-17(20)21;3-2(4,5)1-6/h2-5,8,24H,6-7,9H2,1H3,(H,22,26)(H4,20,21,23);1H. The Morgan fingerprint density at radius 3 is 2.41 bits per heavy atom. The molecule has 0 unspecified atom stereocenters. The zero-order valence-electron chi connectivity index (χ0n) is 18.9. The minimum atomic E-state index is -4.64. The minimum absolute atomic E-state index is 0.00418. The van der Waals surface area contributed by atoms with Gasteiger partial charge in [-0.1, -0.05) is 11.6 Å². The number of carbonyl (C=O) groups is 2. The molecule has 0 aliphatic carbocycles. The Morgan fingerprint density at radius 1 is 1.24 bits per heavy atom. The number of anilines is 1. The van der Waals surface area contributed by atoms with Crippen LogP contribution in [0.4, 0.5) is 23.2 Å². The lowest BCUT2D eigenvalue weighted by atomic mass is 10.3. The van der Waals surface area contributed by atoms with Gasteiger partial charge in [0.2, 0.25) is 18.2 Å². The number of guanidine groups is 1. The normalized spacial score (nSPS) is 11.0. The summed E-state index contributed by atoms with van der Waals surface area (Å²) in [5.74, 6) is -1.51. The number of amides is 1. The van der Waals surface area contributed by atoms with E-state index in [0.717, 1.165) is 22.8 Å². The number of hydrogen-bond acceptors (Lipinski definition) is 7. The number of nitrogens with zero attached hydrogens (tertiary/aromatic N) is 2. The largest absolute Gasteiger partial charge is 0.446 e. The summed E-state index contributed by atoms with van der Waals surface area (Å²) < 4.78 is 72.8. The number of sulfonamides is 1. The fraction of sp³-hybridized carbons (Fsp3) is 0.263. The summed E-state index contributed by atoms with van der Waals surface area (Å²) in [4.78, 5) is 37.8. The molecule has 0 fully saturated rings. The number of carbonyl (C=O) groups excluding carboxylic acids is 2. The third-order valence-corrected chi connectivity index (χ3v) is 5.79. The van der Waals surface area contributed by atoms with Crippen LogP contribution in [0.5, 0.6) is 0 Å². The lowest BCUT2D eigenvalue weighted by molar-refractivity contribution is -0.156. The Kier molecular flexibility index (Phi) is 11.3. The molecule has 0 bridgehead atoms. The van der Waals surface area contributed by atoms with Gasteiger partial charge in [-0.15, -0.1) is 0 Å². The molecule has 0 spiro atoms. The van der Waals surface area contributed by atoms with Crippen molar-refractivity contribution in [3.8, 4) is 0 Å². The Balaban J connectivity index is 0.00000102. The average molecular weight is 573 g/mol. The fourth-order valence-electron chi connectivity index (χ4n) is 2.39. The summed E-state index contributed by atoms with van der Waals surface area (Å²) in [6, 6.07) is 5.45. The van der Waals surface area contributed by atoms with E-state index < -0.39 is 44.7 Å². The van der Waals surface area contributed by atoms with Crippen molar-refractivity contribution in [2.75, 3.05) is 17.9 Å². The Bertz CT molecular complexity index is 1310. The third-order valence-electron chi connectivity index (χ3n) is 3.94. The quantitative estimate of drug-likeness (QED) is 0.0848. The monoisotopic (exact) mass is 572 g/mol. The number of nitrogens with one attached hydrogen (secondary N) is 2. The predicted octanol–water partition coefficient (Wildman–Crippen LogP) is 0.819. The van der Waals surface area contributed by atoms with Crippen molar-refractivity contribution >= 4 is 45.5 Å². The maximum atomic E-state index is 13.2. The summed E-state index contributed by atoms with van der Waals surface area (Å²) in [7, 11) is -4.28. The highest BCUT2D eigenvalue weighted by Crippen LogP contribution is 2.23. The molecule has 0 aliphatic rings. The van der Waals surface area contributed by atoms with E-state index in [0.29, 0.717) is 5.69 Å². The van der Waals surface area contributed by atoms with Crippen molar-refractivity contribution in [1.82, 2.24) is 9.88 Å². The van der Waals surface area contributed by atoms with Crippen LogP contribution in [0.3, 0.4) is 0 Å². The van der Waals surface area contributed by atoms with Crippen molar-refractivity contribution in [3.05, 3.63) is 57.2 Å². The summed E-state index contributed by atoms with van der Waals surface area (Å²) in [6.45, 7) is 1.26. The first-order valence-corrected chi connectivity index (χ1v) is 11.6. The molecule has 12 nitrogen and oxygen atoms in total. The topological polar surface area (TPSA) is 188 Å². The van der Waals surface area contributed by atoms with Crippen molar-refractivity contribution in [1.29, 1.82) is 0 Å². The average Bonchev–Trinajstić information content (AvgIpc) is 2.77. The summed E-state index contributed by atoms with van der Waals surface area (Å²) in [5.41, 5.74) is 9.52. The van der Waals surface area contributed by atoms with Crippen LogP contribution in [-0.2, 0) is 31.0 Å². The number of pyridine rings is 1. The number of benzene rings is 1. The maximum Gasteiger partial charge on any atom is 0.446 e. The van der Waals surface area contributed by atoms with Crippen molar-refractivity contribution in [2.24, 2.45) is 16.6 Å². The third kappa shape index (κ3) is 10.7. The number of hydrogen-bond donors (Lipinski definition) is 4. The molecule has 0 saturated heterocycles. The molecule has 2 aromatic rings. The Hall–Kier alpha value is -3.86. The van der Waals surface area contributed by atoms with Gasteiger partial charge in [-0.25, -0.2) is 12.8 Å². The second-order valence-corrected chi connectivity index (χ2v) is 8.88. The highest BCUT2D eigenvalue weighted by molar-refractivity contribution is 7.92. The van der Waals surface area contributed by atoms with Gasteiger partial charge in [0.15, 0.2) is 0 Å². The van der Waals surface area contributed by atoms with E-state index in [1.54, 1.807) is 6.92 Å². The van der Waals surface area contributed by atoms with E-state index in [9.17, 15) is 35.6 Å².